The highest BCUT2D eigenvalue weighted by molar-refractivity contribution is 5.94. The number of hydrogen-bond donors (Lipinski definition) is 0. The van der Waals surface area contributed by atoms with Gasteiger partial charge in [-0.1, -0.05) is 42.8 Å². The predicted molar refractivity (Wildman–Crippen MR) is 117 cm³/mol. The fraction of sp³-hybridized carbons (Fsp3) is 0.375. The lowest BCUT2D eigenvalue weighted by atomic mass is 10.0. The SMILES string of the molecule is COC(=O)[C@H]1CCCCN1Cc1c(C(=O)N(C)Cc2ccccc2)nc2ccccn12. The molecule has 0 N–H and O–H groups in total. The highest BCUT2D eigenvalue weighted by Crippen LogP contribution is 2.24. The van der Waals surface area contributed by atoms with E-state index < -0.39 is 0 Å². The smallest absolute Gasteiger partial charge is 0.323 e. The molecule has 1 amide bonds. The van der Waals surface area contributed by atoms with Crippen LogP contribution >= 0.6 is 0 Å². The van der Waals surface area contributed by atoms with Gasteiger partial charge in [0.05, 0.1) is 12.8 Å². The van der Waals surface area contributed by atoms with Gasteiger partial charge in [0.25, 0.3) is 5.91 Å². The topological polar surface area (TPSA) is 67.2 Å². The molecule has 3 aromatic rings. The second-order valence-corrected chi connectivity index (χ2v) is 7.99. The van der Waals surface area contributed by atoms with Gasteiger partial charge in [-0.2, -0.15) is 0 Å². The van der Waals surface area contributed by atoms with Crippen molar-refractivity contribution in [3.8, 4) is 0 Å². The van der Waals surface area contributed by atoms with Crippen LogP contribution in [0.3, 0.4) is 0 Å². The lowest BCUT2D eigenvalue weighted by Gasteiger charge is -2.33. The van der Waals surface area contributed by atoms with Gasteiger partial charge in [0.2, 0.25) is 0 Å². The average molecular weight is 421 g/mol. The molecule has 3 heterocycles. The van der Waals surface area contributed by atoms with Crippen molar-refractivity contribution < 1.29 is 14.3 Å². The summed E-state index contributed by atoms with van der Waals surface area (Å²) in [6, 6.07) is 15.3. The lowest BCUT2D eigenvalue weighted by Crippen LogP contribution is -2.45. The zero-order valence-corrected chi connectivity index (χ0v) is 18.0. The van der Waals surface area contributed by atoms with Gasteiger partial charge in [-0.3, -0.25) is 14.5 Å². The number of aromatic nitrogens is 2. The third kappa shape index (κ3) is 4.46. The maximum atomic E-state index is 13.4. The summed E-state index contributed by atoms with van der Waals surface area (Å²) in [7, 11) is 3.22. The van der Waals surface area contributed by atoms with Crippen molar-refractivity contribution in [1.29, 1.82) is 0 Å². The molecule has 0 bridgehead atoms. The second-order valence-electron chi connectivity index (χ2n) is 7.99. The van der Waals surface area contributed by atoms with E-state index in [2.05, 4.69) is 9.88 Å². The quantitative estimate of drug-likeness (QED) is 0.573. The van der Waals surface area contributed by atoms with Crippen molar-refractivity contribution in [3.63, 3.8) is 0 Å². The molecule has 4 rings (SSSR count). The summed E-state index contributed by atoms with van der Waals surface area (Å²) in [5.74, 6) is -0.350. The molecule has 1 aliphatic rings. The summed E-state index contributed by atoms with van der Waals surface area (Å²) in [5.41, 5.74) is 3.01. The molecule has 31 heavy (non-hydrogen) atoms. The van der Waals surface area contributed by atoms with Crippen molar-refractivity contribution >= 4 is 17.5 Å². The average Bonchev–Trinajstić information content (AvgIpc) is 3.17. The van der Waals surface area contributed by atoms with Gasteiger partial charge in [0.15, 0.2) is 5.69 Å². The van der Waals surface area contributed by atoms with Crippen molar-refractivity contribution in [2.24, 2.45) is 0 Å². The molecular formula is C24H28N4O3. The van der Waals surface area contributed by atoms with E-state index in [0.717, 1.165) is 42.7 Å². The highest BCUT2D eigenvalue weighted by Gasteiger charge is 2.32. The predicted octanol–water partition coefficient (Wildman–Crippen LogP) is 3.13. The minimum atomic E-state index is -0.294. The van der Waals surface area contributed by atoms with Crippen LogP contribution in [0, 0.1) is 0 Å². The monoisotopic (exact) mass is 420 g/mol. The van der Waals surface area contributed by atoms with Crippen LogP contribution in [-0.2, 0) is 22.6 Å². The first kappa shape index (κ1) is 21.1. The normalized spacial score (nSPS) is 16.9. The van der Waals surface area contributed by atoms with Gasteiger partial charge in [-0.05, 0) is 37.1 Å². The van der Waals surface area contributed by atoms with E-state index in [0.29, 0.717) is 18.8 Å². The van der Waals surface area contributed by atoms with E-state index in [1.54, 1.807) is 11.9 Å². The molecule has 2 aromatic heterocycles. The third-order valence-electron chi connectivity index (χ3n) is 5.88. The number of benzene rings is 1. The Morgan fingerprint density at radius 2 is 1.90 bits per heavy atom. The third-order valence-corrected chi connectivity index (χ3v) is 5.88. The standard InChI is InChI=1S/C24H28N4O3/c1-26(16-18-10-4-3-5-11-18)23(29)22-20(28-15-9-7-13-21(28)25-22)17-27-14-8-6-12-19(27)24(30)31-2/h3-5,7,9-11,13,15,19H,6,8,12,14,16-17H2,1-2H3/t19-/m1/s1. The Balaban J connectivity index is 1.65. The van der Waals surface area contributed by atoms with Crippen LogP contribution in [0.2, 0.25) is 0 Å². The summed E-state index contributed by atoms with van der Waals surface area (Å²) in [6.45, 7) is 1.75. The summed E-state index contributed by atoms with van der Waals surface area (Å²) in [5, 5.41) is 0. The molecule has 1 atom stereocenters. The van der Waals surface area contributed by atoms with Gasteiger partial charge in [0.1, 0.15) is 11.7 Å². The van der Waals surface area contributed by atoms with E-state index in [1.807, 2.05) is 59.1 Å². The van der Waals surface area contributed by atoms with Gasteiger partial charge >= 0.3 is 5.97 Å². The first-order valence-corrected chi connectivity index (χ1v) is 10.7. The summed E-state index contributed by atoms with van der Waals surface area (Å²) >= 11 is 0. The Kier molecular flexibility index (Phi) is 6.32. The molecule has 1 saturated heterocycles. The molecule has 0 unspecified atom stereocenters. The van der Waals surface area contributed by atoms with E-state index in [1.165, 1.54) is 7.11 Å². The molecule has 7 nitrogen and oxygen atoms in total. The molecular weight excluding hydrogens is 392 g/mol. The Labute approximate surface area is 182 Å². The number of esters is 1. The van der Waals surface area contributed by atoms with E-state index in [9.17, 15) is 9.59 Å². The number of carbonyl (C=O) groups is 2. The van der Waals surface area contributed by atoms with Crippen LogP contribution < -0.4 is 0 Å². The van der Waals surface area contributed by atoms with Crippen LogP contribution in [-0.4, -0.2) is 57.8 Å². The number of rotatable bonds is 6. The number of hydrogen-bond acceptors (Lipinski definition) is 5. The largest absolute Gasteiger partial charge is 0.468 e. The van der Waals surface area contributed by atoms with Crippen LogP contribution in [0.5, 0.6) is 0 Å². The molecule has 162 valence electrons. The fourth-order valence-corrected chi connectivity index (χ4v) is 4.25. The minimum Gasteiger partial charge on any atom is -0.468 e. The molecule has 7 heteroatoms. The van der Waals surface area contributed by atoms with Crippen LogP contribution in [0.4, 0.5) is 0 Å². The van der Waals surface area contributed by atoms with Gasteiger partial charge < -0.3 is 14.0 Å². The zero-order valence-electron chi connectivity index (χ0n) is 18.0. The summed E-state index contributed by atoms with van der Waals surface area (Å²) < 4.78 is 6.98. The van der Waals surface area contributed by atoms with Gasteiger partial charge in [-0.25, -0.2) is 4.98 Å². The van der Waals surface area contributed by atoms with E-state index in [-0.39, 0.29) is 17.9 Å². The number of ether oxygens (including phenoxy) is 1. The van der Waals surface area contributed by atoms with E-state index in [4.69, 9.17) is 4.74 Å². The highest BCUT2D eigenvalue weighted by atomic mass is 16.5. The Hall–Kier alpha value is -3.19. The molecule has 1 aliphatic heterocycles. The van der Waals surface area contributed by atoms with Crippen molar-refractivity contribution in [3.05, 3.63) is 71.7 Å². The maximum absolute atomic E-state index is 13.4. The molecule has 1 aromatic carbocycles. The number of methoxy groups -OCH3 is 1. The Morgan fingerprint density at radius 1 is 1.13 bits per heavy atom. The number of piperidine rings is 1. The zero-order chi connectivity index (χ0) is 21.8. The van der Waals surface area contributed by atoms with Crippen LogP contribution in [0.15, 0.2) is 54.7 Å². The number of pyridine rings is 1. The fourth-order valence-electron chi connectivity index (χ4n) is 4.25. The lowest BCUT2D eigenvalue weighted by molar-refractivity contribution is -0.148. The number of imidazole rings is 1. The number of amides is 1. The van der Waals surface area contributed by atoms with Gasteiger partial charge in [-0.15, -0.1) is 0 Å². The number of carbonyl (C=O) groups excluding carboxylic acids is 2. The number of likely N-dealkylation sites (tertiary alicyclic amines) is 1. The molecule has 0 spiro atoms. The summed E-state index contributed by atoms with van der Waals surface area (Å²) in [4.78, 5) is 34.2. The Morgan fingerprint density at radius 3 is 2.68 bits per heavy atom. The van der Waals surface area contributed by atoms with Crippen molar-refractivity contribution in [2.75, 3.05) is 20.7 Å². The van der Waals surface area contributed by atoms with Crippen molar-refractivity contribution in [1.82, 2.24) is 19.2 Å². The maximum Gasteiger partial charge on any atom is 0.323 e. The van der Waals surface area contributed by atoms with Crippen molar-refractivity contribution in [2.45, 2.75) is 38.4 Å². The molecule has 0 aliphatic carbocycles. The number of fused-ring (bicyclic) bond motifs is 1. The molecule has 1 fully saturated rings. The van der Waals surface area contributed by atoms with Gasteiger partial charge in [0, 0.05) is 26.3 Å². The molecule has 0 radical (unpaired) electrons. The van der Waals surface area contributed by atoms with Crippen LogP contribution in [0.25, 0.3) is 5.65 Å². The van der Waals surface area contributed by atoms with E-state index >= 15 is 0 Å². The van der Waals surface area contributed by atoms with Crippen LogP contribution in [0.1, 0.15) is 41.0 Å². The second kappa shape index (κ2) is 9.31. The Bertz CT molecular complexity index is 1060. The summed E-state index contributed by atoms with van der Waals surface area (Å²) in [6.07, 6.45) is 4.69. The first-order chi connectivity index (χ1) is 15.1. The minimum absolute atomic E-state index is 0.130. The number of nitrogens with zero attached hydrogens (tertiary/aromatic N) is 4. The first-order valence-electron chi connectivity index (χ1n) is 10.7. The molecule has 0 saturated carbocycles.